The molecule has 74 heavy (non-hydrogen) atoms. The number of ketones is 1. The van der Waals surface area contributed by atoms with Gasteiger partial charge in [-0.15, -0.1) is 19.7 Å². The molecule has 13 heteroatoms. The van der Waals surface area contributed by atoms with Crippen molar-refractivity contribution >= 4 is 41.7 Å². The Hall–Kier alpha value is -5.85. The van der Waals surface area contributed by atoms with Crippen LogP contribution in [0.25, 0.3) is 0 Å². The van der Waals surface area contributed by atoms with E-state index >= 15 is 0 Å². The van der Waals surface area contributed by atoms with Gasteiger partial charge in [-0.2, -0.15) is 0 Å². The van der Waals surface area contributed by atoms with Crippen LogP contribution in [0, 0.1) is 11.8 Å². The van der Waals surface area contributed by atoms with E-state index in [1.807, 2.05) is 99.7 Å². The van der Waals surface area contributed by atoms with Crippen LogP contribution in [0.4, 0.5) is 9.59 Å². The summed E-state index contributed by atoms with van der Waals surface area (Å²) in [5.74, 6) is -1.89. The van der Waals surface area contributed by atoms with Crippen LogP contribution < -0.4 is 0 Å². The minimum absolute atomic E-state index is 0. The van der Waals surface area contributed by atoms with Crippen molar-refractivity contribution in [1.29, 1.82) is 0 Å². The fourth-order valence-electron chi connectivity index (χ4n) is 8.45. The van der Waals surface area contributed by atoms with Crippen LogP contribution in [0.3, 0.4) is 0 Å². The Balaban J connectivity index is 0.000000571. The van der Waals surface area contributed by atoms with Crippen molar-refractivity contribution in [2.45, 2.75) is 208 Å². The second kappa shape index (κ2) is 36.2. The third-order valence-electron chi connectivity index (χ3n) is 12.1. The molecule has 4 rings (SSSR count). The Bertz CT molecular complexity index is 2020. The van der Waals surface area contributed by atoms with Gasteiger partial charge in [0.15, 0.2) is 0 Å². The number of ether oxygens (including phenoxy) is 4. The summed E-state index contributed by atoms with van der Waals surface area (Å²) in [6.45, 7) is 24.0. The van der Waals surface area contributed by atoms with Crippen LogP contribution in [0.15, 0.2) is 98.6 Å². The highest BCUT2D eigenvalue weighted by atomic mass is 16.6. The highest BCUT2D eigenvalue weighted by molar-refractivity contribution is 5.96. The smallest absolute Gasteiger partial charge is 0.416 e. The number of Topliss-reactive ketones (excluding diaryl/α,β-unsaturated/α-hetero) is 1. The second-order valence-electron chi connectivity index (χ2n) is 21.0. The van der Waals surface area contributed by atoms with Crippen molar-refractivity contribution in [3.63, 3.8) is 0 Å². The number of hydrogen-bond donors (Lipinski definition) is 0. The lowest BCUT2D eigenvalue weighted by Crippen LogP contribution is -2.44. The fourth-order valence-corrected chi connectivity index (χ4v) is 8.45. The van der Waals surface area contributed by atoms with Crippen LogP contribution in [0.2, 0.25) is 0 Å². The third-order valence-corrected chi connectivity index (χ3v) is 12.1. The first-order valence-corrected chi connectivity index (χ1v) is 26.5. The maximum absolute atomic E-state index is 13.4. The largest absolute Gasteiger partial charge is 0.460 e. The summed E-state index contributed by atoms with van der Waals surface area (Å²) in [5, 5.41) is 0. The normalized spacial score (nSPS) is 15.8. The van der Waals surface area contributed by atoms with E-state index in [0.717, 1.165) is 101 Å². The number of carbonyl (C=O) groups excluding carboxylic acids is 7. The van der Waals surface area contributed by atoms with Crippen molar-refractivity contribution in [2.24, 2.45) is 11.8 Å². The number of unbranched alkanes of at least 4 members (excludes halogenated alkanes) is 10. The Labute approximate surface area is 444 Å². The van der Waals surface area contributed by atoms with E-state index in [4.69, 9.17) is 18.9 Å². The van der Waals surface area contributed by atoms with Gasteiger partial charge >= 0.3 is 24.1 Å². The number of imide groups is 2. The zero-order chi connectivity index (χ0) is 54.2. The molecule has 0 radical (unpaired) electrons. The molecular formula is C61H92N2O11. The summed E-state index contributed by atoms with van der Waals surface area (Å²) in [6.07, 6.45) is 20.4. The van der Waals surface area contributed by atoms with Crippen LogP contribution >= 0.6 is 0 Å². The number of rotatable bonds is 29. The first kappa shape index (κ1) is 66.2. The molecule has 0 bridgehead atoms. The van der Waals surface area contributed by atoms with E-state index in [1.54, 1.807) is 27.7 Å². The zero-order valence-electron chi connectivity index (χ0n) is 45.4. The van der Waals surface area contributed by atoms with Gasteiger partial charge in [0.25, 0.3) is 0 Å². The van der Waals surface area contributed by atoms with Crippen molar-refractivity contribution in [3.05, 3.63) is 110 Å². The number of nitrogens with zero attached hydrogens (tertiary/aromatic N) is 2. The second-order valence-corrected chi connectivity index (χ2v) is 21.0. The van der Waals surface area contributed by atoms with Crippen LogP contribution in [0.1, 0.15) is 183 Å². The Morgan fingerprint density at radius 1 is 0.581 bits per heavy atom. The molecule has 2 fully saturated rings. The van der Waals surface area contributed by atoms with Crippen molar-refractivity contribution < 1.29 is 52.5 Å². The molecule has 0 aliphatic carbocycles. The SMILES string of the molecule is C.C=CCCCCCCC(=O)N1C(=O)OC[C@@H]1Cc1ccccc1.C=CCCCCC[C@H](CC(=O)OC(C)(C)C)C(=O)N1C(=O)OC[C@@H]1Cc1ccccc1.C=CCCCCC[C@H](CC(=O)OC(C)(C)C)C(C)=O. The summed E-state index contributed by atoms with van der Waals surface area (Å²) in [6, 6.07) is 19.0. The first-order valence-electron chi connectivity index (χ1n) is 26.5. The molecule has 0 spiro atoms. The van der Waals surface area contributed by atoms with Crippen molar-refractivity contribution in [3.8, 4) is 0 Å². The molecule has 0 aromatic heterocycles. The maximum atomic E-state index is 13.4. The van der Waals surface area contributed by atoms with Crippen LogP contribution in [-0.2, 0) is 55.8 Å². The summed E-state index contributed by atoms with van der Waals surface area (Å²) < 4.78 is 21.0. The number of cyclic esters (lactones) is 2. The maximum Gasteiger partial charge on any atom is 0.416 e. The molecule has 0 unspecified atom stereocenters. The average molecular weight is 1030 g/mol. The molecule has 2 aromatic carbocycles. The molecule has 2 heterocycles. The monoisotopic (exact) mass is 1030 g/mol. The molecule has 2 aliphatic rings. The third kappa shape index (κ3) is 28.0. The Morgan fingerprint density at radius 3 is 1.38 bits per heavy atom. The lowest BCUT2D eigenvalue weighted by Gasteiger charge is -2.26. The van der Waals surface area contributed by atoms with E-state index < -0.39 is 35.3 Å². The van der Waals surface area contributed by atoms with Gasteiger partial charge in [-0.05, 0) is 130 Å². The number of amides is 4. The molecule has 13 nitrogen and oxygen atoms in total. The van der Waals surface area contributed by atoms with Crippen molar-refractivity contribution in [1.82, 2.24) is 9.80 Å². The summed E-state index contributed by atoms with van der Waals surface area (Å²) in [4.78, 5) is 88.2. The van der Waals surface area contributed by atoms with Crippen molar-refractivity contribution in [2.75, 3.05) is 13.2 Å². The predicted octanol–water partition coefficient (Wildman–Crippen LogP) is 13.9. The highest BCUT2D eigenvalue weighted by Crippen LogP contribution is 2.26. The number of benzene rings is 2. The summed E-state index contributed by atoms with van der Waals surface area (Å²) >= 11 is 0. The van der Waals surface area contributed by atoms with E-state index in [2.05, 4.69) is 19.7 Å². The van der Waals surface area contributed by atoms with E-state index in [0.29, 0.717) is 32.3 Å². The molecular weight excluding hydrogens is 937 g/mol. The number of esters is 2. The van der Waals surface area contributed by atoms with Gasteiger partial charge in [0.1, 0.15) is 30.2 Å². The minimum Gasteiger partial charge on any atom is -0.460 e. The topological polar surface area (TPSA) is 163 Å². The van der Waals surface area contributed by atoms with Gasteiger partial charge in [-0.3, -0.25) is 24.0 Å². The molecule has 4 amide bonds. The van der Waals surface area contributed by atoms with Gasteiger partial charge < -0.3 is 18.9 Å². The van der Waals surface area contributed by atoms with Gasteiger partial charge in [-0.25, -0.2) is 19.4 Å². The fraction of sp³-hybridized carbons (Fsp3) is 0.590. The molecule has 2 saturated heterocycles. The molecule has 0 saturated carbocycles. The van der Waals surface area contributed by atoms with Crippen LogP contribution in [-0.4, -0.2) is 88.0 Å². The Kier molecular flexibility index (Phi) is 32.3. The lowest BCUT2D eigenvalue weighted by atomic mass is 9.94. The number of hydrogen-bond acceptors (Lipinski definition) is 11. The summed E-state index contributed by atoms with van der Waals surface area (Å²) in [5.41, 5.74) is 1.02. The quantitative estimate of drug-likeness (QED) is 0.0330. The van der Waals surface area contributed by atoms with E-state index in [-0.39, 0.29) is 68.4 Å². The molecule has 2 aliphatic heterocycles. The van der Waals surface area contributed by atoms with Gasteiger partial charge in [0.05, 0.1) is 24.9 Å². The first-order chi connectivity index (χ1) is 34.7. The van der Waals surface area contributed by atoms with Gasteiger partial charge in [0, 0.05) is 18.3 Å². The molecule has 0 N–H and O–H groups in total. The summed E-state index contributed by atoms with van der Waals surface area (Å²) in [7, 11) is 0. The van der Waals surface area contributed by atoms with E-state index in [9.17, 15) is 33.6 Å². The number of allylic oxidation sites excluding steroid dienone is 3. The van der Waals surface area contributed by atoms with Gasteiger partial charge in [0.2, 0.25) is 11.8 Å². The average Bonchev–Trinajstić information content (AvgIpc) is 3.88. The lowest BCUT2D eigenvalue weighted by molar-refractivity contribution is -0.158. The molecule has 412 valence electrons. The van der Waals surface area contributed by atoms with Gasteiger partial charge in [-0.1, -0.05) is 125 Å². The minimum atomic E-state index is -0.633. The van der Waals surface area contributed by atoms with E-state index in [1.165, 1.54) is 9.80 Å². The van der Waals surface area contributed by atoms with Crippen LogP contribution in [0.5, 0.6) is 0 Å². The molecule has 4 atom stereocenters. The zero-order valence-corrected chi connectivity index (χ0v) is 45.4. The molecule has 2 aromatic rings. The highest BCUT2D eigenvalue weighted by Gasteiger charge is 2.42. The Morgan fingerprint density at radius 2 is 0.959 bits per heavy atom. The standard InChI is InChI=1S/C25H35NO5.C19H25NO3.C16H28O3.CH4/c1-5-6-7-8-12-15-20(17-22(27)31-25(2,3)4)23(28)26-21(18-30-24(26)29)16-19-13-10-9-11-14-19;1-2-3-4-5-6-10-13-18(21)20-17(15-23-19(20)22)14-16-11-8-7-9-12-16;1-6-7-8-9-10-11-14(13(2)17)12-15(18)19-16(3,4)5;/h5,9-11,13-14,20-21H,1,6-8,12,15-18H2,2-4H3;2,7-9,11-12,17H,1,3-6,10,13-15H2;6,14H,1,7-12H2,2-5H3;1H4/t20-,21+;17-;14-;/m101./s1. The predicted molar refractivity (Wildman–Crippen MR) is 294 cm³/mol. The number of carbonyl (C=O) groups is 7.